The Hall–Kier alpha value is -3.06. The van der Waals surface area contributed by atoms with Crippen LogP contribution in [-0.4, -0.2) is 30.1 Å². The summed E-state index contributed by atoms with van der Waals surface area (Å²) in [5.41, 5.74) is 1.76. The Bertz CT molecular complexity index is 908. The van der Waals surface area contributed by atoms with E-state index >= 15 is 0 Å². The second kappa shape index (κ2) is 11.4. The van der Waals surface area contributed by atoms with Crippen molar-refractivity contribution in [3.8, 4) is 0 Å². The molecule has 8 heteroatoms. The number of benzene rings is 2. The summed E-state index contributed by atoms with van der Waals surface area (Å²) in [7, 11) is 0. The second-order valence-corrected chi connectivity index (χ2v) is 8.44. The number of amides is 3. The number of hydrogen-bond acceptors (Lipinski definition) is 4. The number of carbonyl (C=O) groups is 3. The summed E-state index contributed by atoms with van der Waals surface area (Å²) in [6, 6.07) is 14.3. The molecule has 2 aromatic carbocycles. The van der Waals surface area contributed by atoms with Crippen molar-refractivity contribution in [1.29, 1.82) is 0 Å². The van der Waals surface area contributed by atoms with Crippen LogP contribution in [0.5, 0.6) is 0 Å². The van der Waals surface area contributed by atoms with Crippen LogP contribution in [0.1, 0.15) is 38.3 Å². The van der Waals surface area contributed by atoms with E-state index in [1.165, 1.54) is 0 Å². The molecule has 3 N–H and O–H groups in total. The lowest BCUT2D eigenvalue weighted by molar-refractivity contribution is -0.120. The quantitative estimate of drug-likeness (QED) is 0.571. The smallest absolute Gasteiger partial charge is 0.407 e. The predicted molar refractivity (Wildman–Crippen MR) is 121 cm³/mol. The van der Waals surface area contributed by atoms with Crippen molar-refractivity contribution in [1.82, 2.24) is 10.6 Å². The minimum absolute atomic E-state index is 0.107. The number of nitrogens with one attached hydrogen (secondary N) is 3. The van der Waals surface area contributed by atoms with Crippen molar-refractivity contribution in [2.75, 3.05) is 11.9 Å². The largest absolute Gasteiger partial charge is 0.444 e. The number of hydrogen-bond donors (Lipinski definition) is 3. The van der Waals surface area contributed by atoms with E-state index in [2.05, 4.69) is 16.0 Å². The summed E-state index contributed by atoms with van der Waals surface area (Å²) in [4.78, 5) is 35.8. The van der Waals surface area contributed by atoms with Crippen LogP contribution in [0.2, 0.25) is 5.02 Å². The van der Waals surface area contributed by atoms with Crippen LogP contribution in [0.15, 0.2) is 48.5 Å². The number of halogens is 1. The Morgan fingerprint density at radius 3 is 2.32 bits per heavy atom. The van der Waals surface area contributed by atoms with Crippen molar-refractivity contribution < 1.29 is 19.1 Å². The van der Waals surface area contributed by atoms with Gasteiger partial charge in [0.25, 0.3) is 0 Å². The van der Waals surface area contributed by atoms with Crippen LogP contribution in [-0.2, 0) is 27.3 Å². The zero-order valence-electron chi connectivity index (χ0n) is 18.0. The molecule has 0 saturated carbocycles. The van der Waals surface area contributed by atoms with Gasteiger partial charge < -0.3 is 20.7 Å². The molecule has 0 aliphatic carbocycles. The molecule has 166 valence electrons. The van der Waals surface area contributed by atoms with Crippen LogP contribution in [0, 0.1) is 0 Å². The van der Waals surface area contributed by atoms with E-state index in [9.17, 15) is 14.4 Å². The molecule has 0 radical (unpaired) electrons. The highest BCUT2D eigenvalue weighted by Gasteiger charge is 2.16. The monoisotopic (exact) mass is 445 g/mol. The topological polar surface area (TPSA) is 96.5 Å². The maximum atomic E-state index is 12.1. The lowest BCUT2D eigenvalue weighted by Crippen LogP contribution is -2.34. The van der Waals surface area contributed by atoms with E-state index in [0.717, 1.165) is 11.1 Å². The molecule has 0 saturated heterocycles. The molecule has 0 spiro atoms. The number of rotatable bonds is 8. The molecule has 3 amide bonds. The number of anilines is 1. The zero-order valence-corrected chi connectivity index (χ0v) is 18.7. The van der Waals surface area contributed by atoms with Gasteiger partial charge in [-0.1, -0.05) is 35.9 Å². The molecule has 2 aromatic rings. The zero-order chi connectivity index (χ0) is 22.9. The highest BCUT2D eigenvalue weighted by atomic mass is 35.5. The highest BCUT2D eigenvalue weighted by molar-refractivity contribution is 6.30. The first-order chi connectivity index (χ1) is 14.6. The van der Waals surface area contributed by atoms with Crippen LogP contribution >= 0.6 is 11.6 Å². The Morgan fingerprint density at radius 2 is 1.65 bits per heavy atom. The summed E-state index contributed by atoms with van der Waals surface area (Å²) in [6.07, 6.45) is -0.184. The number of carbonyl (C=O) groups excluding carboxylic acids is 3. The van der Waals surface area contributed by atoms with Crippen molar-refractivity contribution in [3.63, 3.8) is 0 Å². The lowest BCUT2D eigenvalue weighted by atomic mass is 10.1. The van der Waals surface area contributed by atoms with Gasteiger partial charge in [-0.3, -0.25) is 9.59 Å². The Labute approximate surface area is 187 Å². The highest BCUT2D eigenvalue weighted by Crippen LogP contribution is 2.12. The predicted octanol–water partition coefficient (Wildman–Crippen LogP) is 4.05. The normalized spacial score (nSPS) is 10.8. The summed E-state index contributed by atoms with van der Waals surface area (Å²) >= 11 is 5.85. The molecule has 0 unspecified atom stereocenters. The van der Waals surface area contributed by atoms with Gasteiger partial charge in [0.05, 0.1) is 6.42 Å². The molecular formula is C23H28ClN3O4. The van der Waals surface area contributed by atoms with Gasteiger partial charge in [0.2, 0.25) is 11.8 Å². The van der Waals surface area contributed by atoms with Gasteiger partial charge in [0.15, 0.2) is 0 Å². The fraction of sp³-hybridized carbons (Fsp3) is 0.348. The second-order valence-electron chi connectivity index (χ2n) is 8.01. The lowest BCUT2D eigenvalue weighted by Gasteiger charge is -2.19. The van der Waals surface area contributed by atoms with E-state index in [1.807, 2.05) is 18.2 Å². The third-order valence-corrected chi connectivity index (χ3v) is 4.25. The molecule has 7 nitrogen and oxygen atoms in total. The fourth-order valence-corrected chi connectivity index (χ4v) is 2.75. The van der Waals surface area contributed by atoms with E-state index in [0.29, 0.717) is 17.3 Å². The van der Waals surface area contributed by atoms with E-state index in [1.54, 1.807) is 51.1 Å². The molecule has 2 rings (SSSR count). The van der Waals surface area contributed by atoms with Crippen LogP contribution in [0.3, 0.4) is 0 Å². The molecule has 0 heterocycles. The average Bonchev–Trinajstić information content (AvgIpc) is 2.67. The fourth-order valence-electron chi connectivity index (χ4n) is 2.63. The summed E-state index contributed by atoms with van der Waals surface area (Å²) in [6.45, 7) is 5.82. The molecular weight excluding hydrogens is 418 g/mol. The number of alkyl carbamates (subject to hydrolysis) is 1. The van der Waals surface area contributed by atoms with E-state index < -0.39 is 11.7 Å². The van der Waals surface area contributed by atoms with Gasteiger partial charge in [-0.2, -0.15) is 0 Å². The first-order valence-electron chi connectivity index (χ1n) is 9.97. The Morgan fingerprint density at radius 1 is 0.935 bits per heavy atom. The van der Waals surface area contributed by atoms with Gasteiger partial charge in [-0.15, -0.1) is 0 Å². The molecule has 0 aliphatic heterocycles. The first kappa shape index (κ1) is 24.2. The minimum Gasteiger partial charge on any atom is -0.444 e. The van der Waals surface area contributed by atoms with Crippen LogP contribution in [0.4, 0.5) is 10.5 Å². The maximum absolute atomic E-state index is 12.1. The molecule has 0 aromatic heterocycles. The van der Waals surface area contributed by atoms with Gasteiger partial charge in [-0.25, -0.2) is 4.79 Å². The SMILES string of the molecule is CC(C)(C)OC(=O)NCCC(=O)Nc1cccc(CNC(=O)Cc2ccc(Cl)cc2)c1. The first-order valence-corrected chi connectivity index (χ1v) is 10.4. The van der Waals surface area contributed by atoms with Gasteiger partial charge in [-0.05, 0) is 56.2 Å². The minimum atomic E-state index is -0.586. The van der Waals surface area contributed by atoms with E-state index in [4.69, 9.17) is 16.3 Å². The van der Waals surface area contributed by atoms with Crippen LogP contribution in [0.25, 0.3) is 0 Å². The van der Waals surface area contributed by atoms with Crippen molar-refractivity contribution in [2.24, 2.45) is 0 Å². The molecule has 0 atom stereocenters. The Balaban J connectivity index is 1.75. The molecule has 0 fully saturated rings. The maximum Gasteiger partial charge on any atom is 0.407 e. The summed E-state index contributed by atoms with van der Waals surface area (Å²) < 4.78 is 5.12. The van der Waals surface area contributed by atoms with Crippen molar-refractivity contribution in [3.05, 3.63) is 64.7 Å². The third-order valence-electron chi connectivity index (χ3n) is 4.00. The third kappa shape index (κ3) is 10.00. The van der Waals surface area contributed by atoms with E-state index in [-0.39, 0.29) is 31.2 Å². The average molecular weight is 446 g/mol. The molecule has 31 heavy (non-hydrogen) atoms. The van der Waals surface area contributed by atoms with Gasteiger partial charge in [0.1, 0.15) is 5.60 Å². The van der Waals surface area contributed by atoms with Gasteiger partial charge in [0, 0.05) is 30.2 Å². The molecule has 0 aliphatic rings. The van der Waals surface area contributed by atoms with Crippen molar-refractivity contribution in [2.45, 2.75) is 45.8 Å². The van der Waals surface area contributed by atoms with Gasteiger partial charge >= 0.3 is 6.09 Å². The Kier molecular flexibility index (Phi) is 8.88. The standard InChI is InChI=1S/C23H28ClN3O4/c1-23(2,3)31-22(30)25-12-11-20(28)27-19-6-4-5-17(13-19)15-26-21(29)14-16-7-9-18(24)10-8-16/h4-10,13H,11-12,14-15H2,1-3H3,(H,25,30)(H,26,29)(H,27,28). The van der Waals surface area contributed by atoms with Crippen molar-refractivity contribution >= 4 is 35.2 Å². The van der Waals surface area contributed by atoms with Crippen LogP contribution < -0.4 is 16.0 Å². The summed E-state index contributed by atoms with van der Waals surface area (Å²) in [5.74, 6) is -0.343. The molecule has 0 bridgehead atoms. The summed E-state index contributed by atoms with van der Waals surface area (Å²) in [5, 5.41) is 8.82. The number of ether oxygens (including phenoxy) is 1.